The van der Waals surface area contributed by atoms with Crippen LogP contribution in [0, 0.1) is 0 Å². The van der Waals surface area contributed by atoms with Crippen LogP contribution in [0.3, 0.4) is 0 Å². The highest BCUT2D eigenvalue weighted by Crippen LogP contribution is 2.32. The monoisotopic (exact) mass is 289 g/mol. The Bertz CT molecular complexity index is 638. The molecule has 2 atom stereocenters. The predicted molar refractivity (Wildman–Crippen MR) is 77.2 cm³/mol. The maximum Gasteiger partial charge on any atom is 0.265 e. The molecule has 2 N–H and O–H groups in total. The Hall–Kier alpha value is -1.85. The highest BCUT2D eigenvalue weighted by molar-refractivity contribution is 7.12. The molecule has 20 heavy (non-hydrogen) atoms. The predicted octanol–water partition coefficient (Wildman–Crippen LogP) is 2.14. The summed E-state index contributed by atoms with van der Waals surface area (Å²) in [5.74, 6) is 0.353. The summed E-state index contributed by atoms with van der Waals surface area (Å²) < 4.78 is 5.15. The average molecular weight is 289 g/mol. The number of methoxy groups -OCH3 is 1. The lowest BCUT2D eigenvalue weighted by atomic mass is 10.1. The molecule has 1 aromatic carbocycles. The van der Waals surface area contributed by atoms with E-state index in [1.807, 2.05) is 29.6 Å². The first-order chi connectivity index (χ1) is 9.70. The van der Waals surface area contributed by atoms with Gasteiger partial charge in [-0.25, -0.2) is 0 Å². The molecule has 0 bridgehead atoms. The van der Waals surface area contributed by atoms with Crippen LogP contribution in [0.5, 0.6) is 5.75 Å². The molecule has 0 saturated carbocycles. The summed E-state index contributed by atoms with van der Waals surface area (Å²) in [7, 11) is 1.54. The van der Waals surface area contributed by atoms with Gasteiger partial charge in [0.2, 0.25) is 0 Å². The quantitative estimate of drug-likeness (QED) is 0.910. The largest absolute Gasteiger partial charge is 0.495 e. The third-order valence-corrected chi connectivity index (χ3v) is 4.44. The summed E-state index contributed by atoms with van der Waals surface area (Å²) in [5, 5.41) is 14.9. The van der Waals surface area contributed by atoms with Crippen LogP contribution in [-0.2, 0) is 6.42 Å². The lowest BCUT2D eigenvalue weighted by Crippen LogP contribution is -2.33. The number of thiophene rings is 1. The van der Waals surface area contributed by atoms with Crippen LogP contribution in [0.25, 0.3) is 0 Å². The maximum absolute atomic E-state index is 12.3. The normalized spacial score (nSPS) is 20.5. The Kier molecular flexibility index (Phi) is 3.46. The Morgan fingerprint density at radius 3 is 3.00 bits per heavy atom. The highest BCUT2D eigenvalue weighted by Gasteiger charge is 2.32. The Balaban J connectivity index is 1.83. The molecule has 0 aliphatic heterocycles. The number of carbonyl (C=O) groups excluding carboxylic acids is 1. The summed E-state index contributed by atoms with van der Waals surface area (Å²) in [6.45, 7) is 0. The van der Waals surface area contributed by atoms with E-state index in [9.17, 15) is 9.90 Å². The van der Waals surface area contributed by atoms with Gasteiger partial charge in [-0.05, 0) is 22.6 Å². The van der Waals surface area contributed by atoms with Crippen LogP contribution in [0.2, 0.25) is 0 Å². The van der Waals surface area contributed by atoms with Crippen LogP contribution in [0.15, 0.2) is 35.7 Å². The van der Waals surface area contributed by atoms with E-state index < -0.39 is 6.10 Å². The van der Waals surface area contributed by atoms with Crippen molar-refractivity contribution in [3.63, 3.8) is 0 Å². The van der Waals surface area contributed by atoms with Crippen LogP contribution in [0.1, 0.15) is 26.8 Å². The molecule has 1 heterocycles. The number of hydrogen-bond donors (Lipinski definition) is 2. The molecule has 5 heteroatoms. The van der Waals surface area contributed by atoms with Gasteiger partial charge >= 0.3 is 0 Å². The molecule has 0 saturated heterocycles. The van der Waals surface area contributed by atoms with Gasteiger partial charge in [0.15, 0.2) is 0 Å². The van der Waals surface area contributed by atoms with Crippen molar-refractivity contribution >= 4 is 17.2 Å². The molecule has 1 aliphatic rings. The molecule has 1 aliphatic carbocycles. The van der Waals surface area contributed by atoms with E-state index in [-0.39, 0.29) is 11.9 Å². The standard InChI is InChI=1S/C15H15NO3S/c1-19-12-6-7-20-14(12)15(18)16-13-10-5-3-2-4-9(10)8-11(13)17/h2-7,11,13,17H,8H2,1H3,(H,16,18). The minimum Gasteiger partial charge on any atom is -0.495 e. The molecule has 0 spiro atoms. The lowest BCUT2D eigenvalue weighted by molar-refractivity contribution is 0.0859. The highest BCUT2D eigenvalue weighted by atomic mass is 32.1. The lowest BCUT2D eigenvalue weighted by Gasteiger charge is -2.17. The minimum absolute atomic E-state index is 0.211. The Morgan fingerprint density at radius 1 is 1.40 bits per heavy atom. The molecule has 3 rings (SSSR count). The number of nitrogens with one attached hydrogen (secondary N) is 1. The summed E-state index contributed by atoms with van der Waals surface area (Å²) in [5.41, 5.74) is 2.08. The van der Waals surface area contributed by atoms with Crippen LogP contribution < -0.4 is 10.1 Å². The van der Waals surface area contributed by atoms with E-state index >= 15 is 0 Å². The molecule has 0 fully saturated rings. The number of ether oxygens (including phenoxy) is 1. The van der Waals surface area contributed by atoms with E-state index in [0.29, 0.717) is 17.0 Å². The molecular formula is C15H15NO3S. The second-order valence-electron chi connectivity index (χ2n) is 4.74. The Labute approximate surface area is 121 Å². The van der Waals surface area contributed by atoms with Gasteiger partial charge in [0.25, 0.3) is 5.91 Å². The van der Waals surface area contributed by atoms with Crippen molar-refractivity contribution in [3.8, 4) is 5.75 Å². The van der Waals surface area contributed by atoms with E-state index in [0.717, 1.165) is 11.1 Å². The van der Waals surface area contributed by atoms with Crippen molar-refractivity contribution in [1.82, 2.24) is 5.32 Å². The van der Waals surface area contributed by atoms with E-state index in [2.05, 4.69) is 5.32 Å². The van der Waals surface area contributed by atoms with Crippen molar-refractivity contribution in [3.05, 3.63) is 51.7 Å². The summed E-state index contributed by atoms with van der Waals surface area (Å²) in [6, 6.07) is 9.20. The number of hydrogen-bond acceptors (Lipinski definition) is 4. The first kappa shape index (κ1) is 13.1. The first-order valence-corrected chi connectivity index (χ1v) is 7.27. The second-order valence-corrected chi connectivity index (χ2v) is 5.66. The van der Waals surface area contributed by atoms with E-state index in [4.69, 9.17) is 4.74 Å². The van der Waals surface area contributed by atoms with E-state index in [1.165, 1.54) is 11.3 Å². The van der Waals surface area contributed by atoms with Crippen LogP contribution >= 0.6 is 11.3 Å². The smallest absolute Gasteiger partial charge is 0.265 e. The zero-order valence-electron chi connectivity index (χ0n) is 11.0. The third kappa shape index (κ3) is 2.19. The van der Waals surface area contributed by atoms with Crippen molar-refractivity contribution in [2.75, 3.05) is 7.11 Å². The summed E-state index contributed by atoms with van der Waals surface area (Å²) in [6.07, 6.45) is -0.00908. The molecule has 4 nitrogen and oxygen atoms in total. The summed E-state index contributed by atoms with van der Waals surface area (Å²) in [4.78, 5) is 12.8. The number of aliphatic hydroxyl groups excluding tert-OH is 1. The SMILES string of the molecule is COc1ccsc1C(=O)NC1c2ccccc2CC1O. The van der Waals surface area contributed by atoms with Gasteiger partial charge in [-0.2, -0.15) is 0 Å². The zero-order chi connectivity index (χ0) is 14.1. The maximum atomic E-state index is 12.3. The number of benzene rings is 1. The topological polar surface area (TPSA) is 58.6 Å². The zero-order valence-corrected chi connectivity index (χ0v) is 11.8. The van der Waals surface area contributed by atoms with Gasteiger partial charge in [-0.15, -0.1) is 11.3 Å². The number of rotatable bonds is 3. The fourth-order valence-electron chi connectivity index (χ4n) is 2.58. The van der Waals surface area contributed by atoms with Crippen molar-refractivity contribution in [2.24, 2.45) is 0 Å². The molecule has 0 radical (unpaired) electrons. The fraction of sp³-hybridized carbons (Fsp3) is 0.267. The second kappa shape index (κ2) is 5.26. The number of aliphatic hydroxyl groups is 1. The van der Waals surface area contributed by atoms with Crippen LogP contribution in [-0.4, -0.2) is 24.2 Å². The van der Waals surface area contributed by atoms with E-state index in [1.54, 1.807) is 13.2 Å². The fourth-order valence-corrected chi connectivity index (χ4v) is 3.34. The first-order valence-electron chi connectivity index (χ1n) is 6.39. The molecule has 1 amide bonds. The summed E-state index contributed by atoms with van der Waals surface area (Å²) >= 11 is 1.33. The van der Waals surface area contributed by atoms with Crippen molar-refractivity contribution in [2.45, 2.75) is 18.6 Å². The molecule has 2 aromatic rings. The van der Waals surface area contributed by atoms with Gasteiger partial charge < -0.3 is 15.2 Å². The molecule has 2 unspecified atom stereocenters. The van der Waals surface area contributed by atoms with Crippen LogP contribution in [0.4, 0.5) is 0 Å². The van der Waals surface area contributed by atoms with Gasteiger partial charge in [-0.3, -0.25) is 4.79 Å². The van der Waals surface area contributed by atoms with Gasteiger partial charge in [0.05, 0.1) is 19.3 Å². The molecular weight excluding hydrogens is 274 g/mol. The number of carbonyl (C=O) groups is 1. The number of fused-ring (bicyclic) bond motifs is 1. The minimum atomic E-state index is -0.581. The van der Waals surface area contributed by atoms with Crippen molar-refractivity contribution < 1.29 is 14.6 Å². The Morgan fingerprint density at radius 2 is 2.20 bits per heavy atom. The number of amides is 1. The van der Waals surface area contributed by atoms with Gasteiger partial charge in [-0.1, -0.05) is 24.3 Å². The average Bonchev–Trinajstić information content (AvgIpc) is 3.04. The van der Waals surface area contributed by atoms with Gasteiger partial charge in [0, 0.05) is 6.42 Å². The van der Waals surface area contributed by atoms with Gasteiger partial charge in [0.1, 0.15) is 10.6 Å². The molecule has 104 valence electrons. The third-order valence-electron chi connectivity index (χ3n) is 3.55. The molecule has 1 aromatic heterocycles. The van der Waals surface area contributed by atoms with Crippen molar-refractivity contribution in [1.29, 1.82) is 0 Å².